The number of benzene rings is 1. The first-order chi connectivity index (χ1) is 8.89. The van der Waals surface area contributed by atoms with E-state index >= 15 is 0 Å². The number of aliphatic hydroxyl groups is 1. The van der Waals surface area contributed by atoms with Gasteiger partial charge in [0.2, 0.25) is 0 Å². The molecule has 1 N–H and O–H groups in total. The van der Waals surface area contributed by atoms with Gasteiger partial charge >= 0.3 is 0 Å². The van der Waals surface area contributed by atoms with Gasteiger partial charge in [-0.3, -0.25) is 4.90 Å². The molecule has 106 valence electrons. The van der Waals surface area contributed by atoms with Gasteiger partial charge in [0.25, 0.3) is 0 Å². The number of hydrogen-bond donors (Lipinski definition) is 1. The van der Waals surface area contributed by atoms with Gasteiger partial charge in [0.1, 0.15) is 0 Å². The van der Waals surface area contributed by atoms with E-state index in [1.807, 2.05) is 0 Å². The zero-order valence-electron chi connectivity index (χ0n) is 12.7. The second-order valence-electron chi connectivity index (χ2n) is 6.88. The minimum absolute atomic E-state index is 0.179. The first kappa shape index (κ1) is 14.5. The van der Waals surface area contributed by atoms with E-state index in [9.17, 15) is 5.11 Å². The molecule has 0 aliphatic heterocycles. The molecule has 1 aliphatic rings. The summed E-state index contributed by atoms with van der Waals surface area (Å²) < 4.78 is 0. The summed E-state index contributed by atoms with van der Waals surface area (Å²) in [6.45, 7) is 7.70. The maximum absolute atomic E-state index is 10.3. The molecule has 0 saturated heterocycles. The molecular weight excluding hydrogens is 234 g/mol. The summed E-state index contributed by atoms with van der Waals surface area (Å²) in [4.78, 5) is 2.33. The Morgan fingerprint density at radius 2 is 2.00 bits per heavy atom. The highest BCUT2D eigenvalue weighted by molar-refractivity contribution is 5.25. The lowest BCUT2D eigenvalue weighted by atomic mass is 9.73. The van der Waals surface area contributed by atoms with E-state index in [2.05, 4.69) is 57.0 Å². The van der Waals surface area contributed by atoms with Crippen LogP contribution in [0.4, 0.5) is 0 Å². The first-order valence-electron chi connectivity index (χ1n) is 7.32. The molecule has 2 nitrogen and oxygen atoms in total. The number of likely N-dealkylation sites (N-methyl/N-ethyl adjacent to an activating group) is 1. The van der Waals surface area contributed by atoms with Gasteiger partial charge in [0.15, 0.2) is 0 Å². The maximum Gasteiger partial charge on any atom is 0.0695 e. The fourth-order valence-corrected chi connectivity index (χ4v) is 3.16. The predicted octanol–water partition coefficient (Wildman–Crippen LogP) is 3.37. The summed E-state index contributed by atoms with van der Waals surface area (Å²) in [6.07, 6.45) is 2.96. The summed E-state index contributed by atoms with van der Waals surface area (Å²) in [5, 5.41) is 10.3. The van der Waals surface area contributed by atoms with Crippen LogP contribution >= 0.6 is 0 Å². The van der Waals surface area contributed by atoms with Crippen LogP contribution in [0.2, 0.25) is 0 Å². The summed E-state index contributed by atoms with van der Waals surface area (Å²) in [5.74, 6) is 0. The quantitative estimate of drug-likeness (QED) is 0.902. The van der Waals surface area contributed by atoms with Crippen LogP contribution in [0.25, 0.3) is 0 Å². The molecule has 19 heavy (non-hydrogen) atoms. The van der Waals surface area contributed by atoms with Crippen molar-refractivity contribution in [1.29, 1.82) is 0 Å². The van der Waals surface area contributed by atoms with Gasteiger partial charge in [-0.25, -0.2) is 0 Å². The van der Waals surface area contributed by atoms with E-state index in [0.717, 1.165) is 25.8 Å². The molecule has 1 saturated carbocycles. The monoisotopic (exact) mass is 261 g/mol. The Labute approximate surface area is 117 Å². The van der Waals surface area contributed by atoms with E-state index in [-0.39, 0.29) is 12.1 Å². The van der Waals surface area contributed by atoms with Crippen molar-refractivity contribution < 1.29 is 5.11 Å². The molecular formula is C17H27NO. The lowest BCUT2D eigenvalue weighted by Crippen LogP contribution is -2.47. The van der Waals surface area contributed by atoms with E-state index in [1.54, 1.807) is 0 Å². The second kappa shape index (κ2) is 5.64. The van der Waals surface area contributed by atoms with Gasteiger partial charge in [0, 0.05) is 12.6 Å². The van der Waals surface area contributed by atoms with Crippen LogP contribution in [0.1, 0.15) is 44.2 Å². The highest BCUT2D eigenvalue weighted by Gasteiger charge is 2.35. The summed E-state index contributed by atoms with van der Waals surface area (Å²) in [6, 6.07) is 8.80. The van der Waals surface area contributed by atoms with Gasteiger partial charge in [-0.1, -0.05) is 38.1 Å². The van der Waals surface area contributed by atoms with Crippen molar-refractivity contribution >= 4 is 0 Å². The second-order valence-corrected chi connectivity index (χ2v) is 6.88. The Morgan fingerprint density at radius 3 is 2.68 bits per heavy atom. The van der Waals surface area contributed by atoms with Crippen molar-refractivity contribution in [2.24, 2.45) is 5.41 Å². The predicted molar refractivity (Wildman–Crippen MR) is 80.1 cm³/mol. The van der Waals surface area contributed by atoms with Gasteiger partial charge in [-0.05, 0) is 49.8 Å². The standard InChI is InChI=1S/C17H27NO/c1-13-7-5-6-8-14(13)12-18(4)15-11-17(2,3)10-9-16(15)19/h5-8,15-16,19H,9-12H2,1-4H3. The topological polar surface area (TPSA) is 23.5 Å². The number of nitrogens with zero attached hydrogens (tertiary/aromatic N) is 1. The molecule has 0 amide bonds. The van der Waals surface area contributed by atoms with Crippen molar-refractivity contribution in [3.05, 3.63) is 35.4 Å². The zero-order chi connectivity index (χ0) is 14.0. The normalized spacial score (nSPS) is 26.6. The van der Waals surface area contributed by atoms with Crippen LogP contribution in [0.15, 0.2) is 24.3 Å². The van der Waals surface area contributed by atoms with Crippen LogP contribution in [-0.2, 0) is 6.54 Å². The average Bonchev–Trinajstić information content (AvgIpc) is 2.35. The van der Waals surface area contributed by atoms with Crippen LogP contribution in [0.5, 0.6) is 0 Å². The van der Waals surface area contributed by atoms with E-state index in [4.69, 9.17) is 0 Å². The number of aryl methyl sites for hydroxylation is 1. The fourth-order valence-electron chi connectivity index (χ4n) is 3.16. The van der Waals surface area contributed by atoms with Gasteiger partial charge < -0.3 is 5.11 Å². The van der Waals surface area contributed by atoms with Crippen LogP contribution in [-0.4, -0.2) is 29.2 Å². The van der Waals surface area contributed by atoms with Gasteiger partial charge in [-0.15, -0.1) is 0 Å². The Morgan fingerprint density at radius 1 is 1.32 bits per heavy atom. The molecule has 2 heteroatoms. The third-order valence-electron chi connectivity index (χ3n) is 4.57. The summed E-state index contributed by atoms with van der Waals surface area (Å²) in [5.41, 5.74) is 3.05. The number of rotatable bonds is 3. The van der Waals surface area contributed by atoms with E-state index in [0.29, 0.717) is 5.41 Å². The van der Waals surface area contributed by atoms with Crippen molar-refractivity contribution in [2.75, 3.05) is 7.05 Å². The summed E-state index contributed by atoms with van der Waals surface area (Å²) >= 11 is 0. The third kappa shape index (κ3) is 3.58. The average molecular weight is 261 g/mol. The highest BCUT2D eigenvalue weighted by Crippen LogP contribution is 2.37. The Hall–Kier alpha value is -0.860. The smallest absolute Gasteiger partial charge is 0.0695 e. The molecule has 1 aromatic rings. The molecule has 0 bridgehead atoms. The fraction of sp³-hybridized carbons (Fsp3) is 0.647. The Bertz CT molecular complexity index is 427. The summed E-state index contributed by atoms with van der Waals surface area (Å²) in [7, 11) is 2.14. The minimum Gasteiger partial charge on any atom is -0.391 e. The molecule has 1 aliphatic carbocycles. The number of aliphatic hydroxyl groups excluding tert-OH is 1. The SMILES string of the molecule is Cc1ccccc1CN(C)C1CC(C)(C)CCC1O. The van der Waals surface area contributed by atoms with Crippen molar-refractivity contribution in [2.45, 2.75) is 58.7 Å². The molecule has 1 fully saturated rings. The van der Waals surface area contributed by atoms with Crippen LogP contribution < -0.4 is 0 Å². The molecule has 2 unspecified atom stereocenters. The third-order valence-corrected chi connectivity index (χ3v) is 4.57. The van der Waals surface area contributed by atoms with E-state index < -0.39 is 0 Å². The molecule has 0 spiro atoms. The van der Waals surface area contributed by atoms with Crippen molar-refractivity contribution in [3.63, 3.8) is 0 Å². The van der Waals surface area contributed by atoms with Crippen molar-refractivity contribution in [3.8, 4) is 0 Å². The van der Waals surface area contributed by atoms with Gasteiger partial charge in [-0.2, -0.15) is 0 Å². The molecule has 2 rings (SSSR count). The highest BCUT2D eigenvalue weighted by atomic mass is 16.3. The van der Waals surface area contributed by atoms with E-state index in [1.165, 1.54) is 11.1 Å². The lowest BCUT2D eigenvalue weighted by Gasteiger charge is -2.43. The maximum atomic E-state index is 10.3. The molecule has 1 aromatic carbocycles. The Balaban J connectivity index is 2.06. The van der Waals surface area contributed by atoms with Crippen LogP contribution in [0.3, 0.4) is 0 Å². The largest absolute Gasteiger partial charge is 0.391 e. The molecule has 0 radical (unpaired) electrons. The van der Waals surface area contributed by atoms with Gasteiger partial charge in [0.05, 0.1) is 6.10 Å². The minimum atomic E-state index is -0.179. The van der Waals surface area contributed by atoms with Crippen LogP contribution in [0, 0.1) is 12.3 Å². The Kier molecular flexibility index (Phi) is 4.32. The lowest BCUT2D eigenvalue weighted by molar-refractivity contribution is -0.0102. The zero-order valence-corrected chi connectivity index (χ0v) is 12.7. The van der Waals surface area contributed by atoms with Crippen molar-refractivity contribution in [1.82, 2.24) is 4.90 Å². The number of hydrogen-bond acceptors (Lipinski definition) is 2. The molecule has 0 aromatic heterocycles. The molecule has 2 atom stereocenters. The molecule has 0 heterocycles. The first-order valence-corrected chi connectivity index (χ1v) is 7.32.